The zero-order chi connectivity index (χ0) is 23.0. The van der Waals surface area contributed by atoms with Gasteiger partial charge in [-0.3, -0.25) is 4.79 Å². The van der Waals surface area contributed by atoms with Crippen molar-refractivity contribution >= 4 is 5.91 Å². The van der Waals surface area contributed by atoms with Gasteiger partial charge in [0.15, 0.2) is 0 Å². The van der Waals surface area contributed by atoms with Crippen molar-refractivity contribution in [3.63, 3.8) is 0 Å². The predicted octanol–water partition coefficient (Wildman–Crippen LogP) is 6.16. The van der Waals surface area contributed by atoms with Crippen LogP contribution in [0, 0.1) is 0 Å². The lowest BCUT2D eigenvalue weighted by atomic mass is 10.0. The third-order valence-electron chi connectivity index (χ3n) is 5.10. The molecule has 0 aromatic carbocycles. The third-order valence-corrected chi connectivity index (χ3v) is 5.10. The summed E-state index contributed by atoms with van der Waals surface area (Å²) in [5.41, 5.74) is 0. The zero-order valence-electron chi connectivity index (χ0n) is 20.0. The molecule has 4 heteroatoms. The Balaban J connectivity index is 3.76. The van der Waals surface area contributed by atoms with E-state index in [1.54, 1.807) is 0 Å². The van der Waals surface area contributed by atoms with E-state index >= 15 is 0 Å². The molecule has 0 aliphatic carbocycles. The molecule has 2 atom stereocenters. The van der Waals surface area contributed by atoms with Crippen LogP contribution in [0.2, 0.25) is 0 Å². The maximum atomic E-state index is 12.1. The molecule has 0 rings (SSSR count). The number of nitrogens with one attached hydrogen (secondary N) is 1. The van der Waals surface area contributed by atoms with E-state index in [2.05, 4.69) is 67.8 Å². The Morgan fingerprint density at radius 3 is 2.00 bits per heavy atom. The van der Waals surface area contributed by atoms with Crippen LogP contribution >= 0.6 is 0 Å². The monoisotopic (exact) mass is 433 g/mol. The summed E-state index contributed by atoms with van der Waals surface area (Å²) in [5, 5.41) is 22.4. The minimum absolute atomic E-state index is 0.0863. The van der Waals surface area contributed by atoms with Gasteiger partial charge in [-0.25, -0.2) is 0 Å². The Morgan fingerprint density at radius 1 is 0.806 bits per heavy atom. The summed E-state index contributed by atoms with van der Waals surface area (Å²) in [6.45, 7) is 4.07. The summed E-state index contributed by atoms with van der Waals surface area (Å²) in [6.07, 6.45) is 28.9. The number of allylic oxidation sites excluding steroid dienone is 8. The molecular weight excluding hydrogens is 386 g/mol. The van der Waals surface area contributed by atoms with Crippen LogP contribution in [0.15, 0.2) is 48.6 Å². The summed E-state index contributed by atoms with van der Waals surface area (Å²) >= 11 is 0. The fourth-order valence-corrected chi connectivity index (χ4v) is 3.17. The first kappa shape index (κ1) is 29.4. The van der Waals surface area contributed by atoms with Gasteiger partial charge in [-0.1, -0.05) is 88.1 Å². The first-order chi connectivity index (χ1) is 15.2. The van der Waals surface area contributed by atoms with Gasteiger partial charge in [-0.05, 0) is 51.4 Å². The molecule has 0 saturated carbocycles. The molecule has 0 radical (unpaired) electrons. The molecule has 0 aliphatic rings. The minimum Gasteiger partial charge on any atom is -0.394 e. The van der Waals surface area contributed by atoms with Crippen LogP contribution in [0.3, 0.4) is 0 Å². The number of amides is 1. The number of aliphatic hydroxyl groups excluding tert-OH is 2. The van der Waals surface area contributed by atoms with E-state index in [0.717, 1.165) is 70.6 Å². The number of rotatable bonds is 20. The highest BCUT2D eigenvalue weighted by molar-refractivity contribution is 5.76. The molecule has 2 unspecified atom stereocenters. The molecule has 0 bridgehead atoms. The molecule has 4 nitrogen and oxygen atoms in total. The number of hydrogen-bond donors (Lipinski definition) is 3. The van der Waals surface area contributed by atoms with Gasteiger partial charge in [-0.15, -0.1) is 0 Å². The number of unbranched alkanes of at least 4 members (excludes halogenated alkanes) is 5. The summed E-state index contributed by atoms with van der Waals surface area (Å²) in [7, 11) is 0. The smallest absolute Gasteiger partial charge is 0.220 e. The van der Waals surface area contributed by atoms with Crippen molar-refractivity contribution in [1.82, 2.24) is 5.32 Å². The van der Waals surface area contributed by atoms with E-state index in [-0.39, 0.29) is 12.5 Å². The molecule has 3 N–H and O–H groups in total. The number of carbonyl (C=O) groups excluding carboxylic acids is 1. The van der Waals surface area contributed by atoms with Gasteiger partial charge < -0.3 is 15.5 Å². The maximum Gasteiger partial charge on any atom is 0.220 e. The van der Waals surface area contributed by atoms with Crippen molar-refractivity contribution in [3.05, 3.63) is 48.6 Å². The van der Waals surface area contributed by atoms with Gasteiger partial charge in [0.25, 0.3) is 0 Å². The molecule has 0 spiro atoms. The van der Waals surface area contributed by atoms with Crippen LogP contribution in [0.25, 0.3) is 0 Å². The van der Waals surface area contributed by atoms with Gasteiger partial charge in [0.2, 0.25) is 5.91 Å². The summed E-state index contributed by atoms with van der Waals surface area (Å²) in [4.78, 5) is 12.1. The second-order valence-electron chi connectivity index (χ2n) is 8.02. The van der Waals surface area contributed by atoms with Crippen LogP contribution < -0.4 is 5.32 Å². The Kier molecular flexibility index (Phi) is 21.8. The van der Waals surface area contributed by atoms with Crippen molar-refractivity contribution in [3.8, 4) is 0 Å². The van der Waals surface area contributed by atoms with E-state index in [4.69, 9.17) is 0 Å². The van der Waals surface area contributed by atoms with E-state index in [1.807, 2.05) is 0 Å². The molecule has 1 amide bonds. The Bertz CT molecular complexity index is 523. The van der Waals surface area contributed by atoms with Crippen LogP contribution in [-0.2, 0) is 4.79 Å². The highest BCUT2D eigenvalue weighted by Crippen LogP contribution is 2.09. The van der Waals surface area contributed by atoms with Crippen LogP contribution in [0.4, 0.5) is 0 Å². The first-order valence-electron chi connectivity index (χ1n) is 12.3. The van der Waals surface area contributed by atoms with Crippen LogP contribution in [0.5, 0.6) is 0 Å². The topological polar surface area (TPSA) is 69.6 Å². The quantitative estimate of drug-likeness (QED) is 0.159. The molecule has 0 saturated heterocycles. The van der Waals surface area contributed by atoms with E-state index < -0.39 is 12.1 Å². The maximum absolute atomic E-state index is 12.1. The molecule has 178 valence electrons. The third kappa shape index (κ3) is 20.0. The van der Waals surface area contributed by atoms with Gasteiger partial charge >= 0.3 is 0 Å². The van der Waals surface area contributed by atoms with E-state index in [1.165, 1.54) is 0 Å². The van der Waals surface area contributed by atoms with Gasteiger partial charge in [0.05, 0.1) is 18.8 Å². The molecular formula is C27H47NO3. The number of carbonyl (C=O) groups is 1. The Hall–Kier alpha value is -1.65. The average Bonchev–Trinajstić information content (AvgIpc) is 2.77. The number of hydrogen-bond acceptors (Lipinski definition) is 3. The Labute approximate surface area is 191 Å². The second kappa shape index (κ2) is 23.0. The molecule has 0 fully saturated rings. The fraction of sp³-hybridized carbons (Fsp3) is 0.667. The zero-order valence-corrected chi connectivity index (χ0v) is 20.0. The van der Waals surface area contributed by atoms with Crippen molar-refractivity contribution in [1.29, 1.82) is 0 Å². The lowest BCUT2D eigenvalue weighted by Crippen LogP contribution is -2.45. The highest BCUT2D eigenvalue weighted by atomic mass is 16.3. The molecule has 0 aromatic heterocycles. The van der Waals surface area contributed by atoms with Crippen molar-refractivity contribution in [2.24, 2.45) is 0 Å². The largest absolute Gasteiger partial charge is 0.394 e. The lowest BCUT2D eigenvalue weighted by molar-refractivity contribution is -0.123. The molecule has 0 heterocycles. The summed E-state index contributed by atoms with van der Waals surface area (Å²) < 4.78 is 0. The fourth-order valence-electron chi connectivity index (χ4n) is 3.17. The molecule has 31 heavy (non-hydrogen) atoms. The van der Waals surface area contributed by atoms with E-state index in [9.17, 15) is 15.0 Å². The normalized spacial score (nSPS) is 14.3. The summed E-state index contributed by atoms with van der Waals surface area (Å²) in [5.74, 6) is -0.0863. The van der Waals surface area contributed by atoms with Crippen LogP contribution in [0.1, 0.15) is 97.3 Å². The van der Waals surface area contributed by atoms with Crippen molar-refractivity contribution in [2.75, 3.05) is 6.61 Å². The molecule has 0 aromatic rings. The van der Waals surface area contributed by atoms with Gasteiger partial charge in [0.1, 0.15) is 0 Å². The average molecular weight is 434 g/mol. The second-order valence-corrected chi connectivity index (χ2v) is 8.02. The summed E-state index contributed by atoms with van der Waals surface area (Å²) in [6, 6.07) is -0.552. The Morgan fingerprint density at radius 2 is 1.42 bits per heavy atom. The van der Waals surface area contributed by atoms with Gasteiger partial charge in [0, 0.05) is 6.42 Å². The molecule has 0 aliphatic heterocycles. The van der Waals surface area contributed by atoms with E-state index in [0.29, 0.717) is 12.8 Å². The predicted molar refractivity (Wildman–Crippen MR) is 133 cm³/mol. The van der Waals surface area contributed by atoms with Gasteiger partial charge in [-0.2, -0.15) is 0 Å². The number of aliphatic hydroxyl groups is 2. The minimum atomic E-state index is -0.671. The standard InChI is InChI=1S/C27H47NO3/c1-3-5-7-9-10-11-12-13-14-15-16-17-18-19-21-23-27(31)28-25(24-29)26(30)22-20-8-6-4-2/h5,7,10-11,13-14,16-17,25-26,29-30H,3-4,6,8-9,12,15,18-24H2,1-2H3,(H,28,31)/b7-5-,11-10-,14-13-,17-16-. The van der Waals surface area contributed by atoms with Crippen LogP contribution in [-0.4, -0.2) is 34.9 Å². The highest BCUT2D eigenvalue weighted by Gasteiger charge is 2.19. The van der Waals surface area contributed by atoms with Crippen molar-refractivity contribution < 1.29 is 15.0 Å². The van der Waals surface area contributed by atoms with Crippen molar-refractivity contribution in [2.45, 2.75) is 109 Å². The SMILES string of the molecule is CC/C=C\C/C=C\C/C=C\C/C=C\CCCCC(=O)NC(CO)C(O)CCCCCC. The first-order valence-corrected chi connectivity index (χ1v) is 12.3. The lowest BCUT2D eigenvalue weighted by Gasteiger charge is -2.22.